The first-order chi connectivity index (χ1) is 13.1. The molecule has 0 saturated carbocycles. The van der Waals surface area contributed by atoms with Crippen molar-refractivity contribution in [2.75, 3.05) is 11.9 Å². The van der Waals surface area contributed by atoms with Crippen molar-refractivity contribution in [1.82, 2.24) is 5.32 Å². The molecule has 0 aromatic heterocycles. The van der Waals surface area contributed by atoms with Crippen LogP contribution in [0.5, 0.6) is 0 Å². The molecule has 0 bridgehead atoms. The van der Waals surface area contributed by atoms with Gasteiger partial charge in [-0.3, -0.25) is 0 Å². The van der Waals surface area contributed by atoms with Crippen LogP contribution in [0.1, 0.15) is 18.5 Å². The Balaban J connectivity index is 0.000000445. The molecule has 2 amide bonds. The summed E-state index contributed by atoms with van der Waals surface area (Å²) in [5.41, 5.74) is 7.36. The Kier molecular flexibility index (Phi) is 11.0. The van der Waals surface area contributed by atoms with Crippen LogP contribution in [0.3, 0.4) is 0 Å². The zero-order valence-electron chi connectivity index (χ0n) is 15.4. The van der Waals surface area contributed by atoms with Gasteiger partial charge >= 0.3 is 6.03 Å². The normalized spacial score (nSPS) is 11.5. The molecule has 0 radical (unpaired) electrons. The number of nitrogens with two attached hydrogens (primary N) is 1. The van der Waals surface area contributed by atoms with Gasteiger partial charge in [-0.1, -0.05) is 78.9 Å². The van der Waals surface area contributed by atoms with E-state index in [1.807, 2.05) is 61.6 Å². The topological polar surface area (TPSA) is 67.1 Å². The molecule has 4 nitrogen and oxygen atoms in total. The number of benzene rings is 2. The number of hydrogen-bond donors (Lipinski definition) is 3. The fourth-order valence-corrected chi connectivity index (χ4v) is 2.20. The highest BCUT2D eigenvalue weighted by atomic mass is 35.5. The van der Waals surface area contributed by atoms with Crippen LogP contribution in [0.4, 0.5) is 10.5 Å². The predicted octanol–water partition coefficient (Wildman–Crippen LogP) is 5.47. The molecule has 0 aliphatic carbocycles. The Labute approximate surface area is 166 Å². The molecule has 0 spiro atoms. The number of hydrogen-bond acceptors (Lipinski definition) is 2. The third-order valence-electron chi connectivity index (χ3n) is 3.40. The summed E-state index contributed by atoms with van der Waals surface area (Å²) >= 11 is 5.79. The van der Waals surface area contributed by atoms with E-state index in [0.29, 0.717) is 17.3 Å². The molecule has 2 rings (SSSR count). The van der Waals surface area contributed by atoms with Crippen molar-refractivity contribution >= 4 is 23.3 Å². The molecule has 5 heteroatoms. The van der Waals surface area contributed by atoms with Crippen LogP contribution in [-0.4, -0.2) is 12.6 Å². The average molecular weight is 384 g/mol. The van der Waals surface area contributed by atoms with Gasteiger partial charge in [0.15, 0.2) is 0 Å². The van der Waals surface area contributed by atoms with Crippen LogP contribution >= 0.6 is 11.6 Å². The number of carbonyl (C=O) groups excluding carboxylic acids is 1. The third kappa shape index (κ3) is 9.45. The molecule has 0 aliphatic heterocycles. The van der Waals surface area contributed by atoms with Gasteiger partial charge in [-0.25, -0.2) is 4.79 Å². The van der Waals surface area contributed by atoms with Crippen molar-refractivity contribution in [2.45, 2.75) is 13.0 Å². The van der Waals surface area contributed by atoms with E-state index in [9.17, 15) is 4.79 Å². The van der Waals surface area contributed by atoms with Gasteiger partial charge in [-0.05, 0) is 36.8 Å². The van der Waals surface area contributed by atoms with E-state index in [2.05, 4.69) is 17.2 Å². The van der Waals surface area contributed by atoms with Crippen molar-refractivity contribution in [3.63, 3.8) is 0 Å². The zero-order chi connectivity index (χ0) is 19.9. The highest BCUT2D eigenvalue weighted by Crippen LogP contribution is 2.14. The second-order valence-electron chi connectivity index (χ2n) is 5.45. The third-order valence-corrected chi connectivity index (χ3v) is 3.65. The number of nitrogens with one attached hydrogen (secondary N) is 2. The van der Waals surface area contributed by atoms with Gasteiger partial charge in [0.25, 0.3) is 0 Å². The lowest BCUT2D eigenvalue weighted by Gasteiger charge is -2.17. The lowest BCUT2D eigenvalue weighted by molar-refractivity contribution is 0.249. The molecule has 0 aliphatic rings. The molecule has 0 unspecified atom stereocenters. The Morgan fingerprint density at radius 3 is 2.33 bits per heavy atom. The second-order valence-corrected chi connectivity index (χ2v) is 5.89. The molecule has 2 aromatic rings. The Hall–Kier alpha value is -2.82. The van der Waals surface area contributed by atoms with E-state index >= 15 is 0 Å². The minimum Gasteiger partial charge on any atom is -0.330 e. The predicted molar refractivity (Wildman–Crippen MR) is 116 cm³/mol. The van der Waals surface area contributed by atoms with E-state index in [4.69, 9.17) is 17.3 Å². The fourth-order valence-electron chi connectivity index (χ4n) is 2.08. The molecule has 2 aromatic carbocycles. The summed E-state index contributed by atoms with van der Waals surface area (Å²) in [4.78, 5) is 11.9. The number of amides is 2. The maximum Gasteiger partial charge on any atom is 0.319 e. The Bertz CT molecular complexity index is 740. The molecule has 27 heavy (non-hydrogen) atoms. The molecule has 0 fully saturated rings. The minimum atomic E-state index is -0.299. The van der Waals surface area contributed by atoms with Crippen molar-refractivity contribution in [1.29, 1.82) is 0 Å². The van der Waals surface area contributed by atoms with Crippen LogP contribution in [0.15, 0.2) is 91.6 Å². The van der Waals surface area contributed by atoms with E-state index < -0.39 is 0 Å². The summed E-state index contributed by atoms with van der Waals surface area (Å²) in [5, 5.41) is 6.20. The number of allylic oxidation sites excluding steroid dienone is 5. The summed E-state index contributed by atoms with van der Waals surface area (Å²) in [5.74, 6) is 0. The monoisotopic (exact) mass is 383 g/mol. The van der Waals surface area contributed by atoms with E-state index in [1.165, 1.54) is 0 Å². The quantitative estimate of drug-likeness (QED) is 0.579. The first-order valence-electron chi connectivity index (χ1n) is 8.59. The Morgan fingerprint density at radius 1 is 1.11 bits per heavy atom. The van der Waals surface area contributed by atoms with Crippen LogP contribution in [0, 0.1) is 0 Å². The number of urea groups is 1. The van der Waals surface area contributed by atoms with Gasteiger partial charge in [0.05, 0.1) is 6.04 Å². The summed E-state index contributed by atoms with van der Waals surface area (Å²) < 4.78 is 0. The summed E-state index contributed by atoms with van der Waals surface area (Å²) in [6, 6.07) is 16.0. The molecule has 4 N–H and O–H groups in total. The molecular weight excluding hydrogens is 358 g/mol. The number of rotatable bonds is 6. The lowest BCUT2D eigenvalue weighted by atomic mass is 10.1. The molecule has 1 atom stereocenters. The van der Waals surface area contributed by atoms with Crippen LogP contribution < -0.4 is 16.4 Å². The number of anilines is 1. The first kappa shape index (κ1) is 22.2. The maximum absolute atomic E-state index is 11.9. The smallest absolute Gasteiger partial charge is 0.319 e. The summed E-state index contributed by atoms with van der Waals surface area (Å²) in [6.07, 6.45) is 9.51. The fraction of sp³-hybridized carbons (Fsp3) is 0.136. The van der Waals surface area contributed by atoms with Gasteiger partial charge in [0.2, 0.25) is 0 Å². The average Bonchev–Trinajstić information content (AvgIpc) is 2.69. The minimum absolute atomic E-state index is 0.219. The summed E-state index contributed by atoms with van der Waals surface area (Å²) in [6.45, 7) is 5.82. The highest BCUT2D eigenvalue weighted by Gasteiger charge is 2.12. The lowest BCUT2D eigenvalue weighted by Crippen LogP contribution is -2.36. The van der Waals surface area contributed by atoms with E-state index in [0.717, 1.165) is 5.56 Å². The van der Waals surface area contributed by atoms with Crippen LogP contribution in [-0.2, 0) is 0 Å². The van der Waals surface area contributed by atoms with Crippen LogP contribution in [0.25, 0.3) is 0 Å². The van der Waals surface area contributed by atoms with Crippen molar-refractivity contribution < 1.29 is 4.79 Å². The number of carbonyl (C=O) groups is 1. The Morgan fingerprint density at radius 2 is 1.78 bits per heavy atom. The largest absolute Gasteiger partial charge is 0.330 e. The zero-order valence-corrected chi connectivity index (χ0v) is 16.2. The van der Waals surface area contributed by atoms with Gasteiger partial charge in [0.1, 0.15) is 0 Å². The van der Waals surface area contributed by atoms with Crippen molar-refractivity contribution in [2.24, 2.45) is 5.73 Å². The standard InChI is InChI=1S/C15H16ClN3O.C7H10/c16-12-6-8-13(9-7-12)18-15(20)19-14(10-17)11-4-2-1-3-5-11;1-3-5-7-6-4-2/h1-9,14H,10,17H2,(H2,18,19,20);3-7H,1H2,2H3/b;6-4-,7-5-/t14-;/m0./s1. The second kappa shape index (κ2) is 13.4. The van der Waals surface area contributed by atoms with Gasteiger partial charge in [0, 0.05) is 17.3 Å². The molecule has 0 saturated heterocycles. The van der Waals surface area contributed by atoms with Crippen LogP contribution in [0.2, 0.25) is 5.02 Å². The maximum atomic E-state index is 11.9. The summed E-state index contributed by atoms with van der Waals surface area (Å²) in [7, 11) is 0. The van der Waals surface area contributed by atoms with Crippen molar-refractivity contribution in [3.8, 4) is 0 Å². The van der Waals surface area contributed by atoms with Gasteiger partial charge in [-0.15, -0.1) is 0 Å². The van der Waals surface area contributed by atoms with E-state index in [1.54, 1.807) is 30.3 Å². The van der Waals surface area contributed by atoms with E-state index in [-0.39, 0.29) is 12.1 Å². The van der Waals surface area contributed by atoms with Gasteiger partial charge < -0.3 is 16.4 Å². The molecule has 0 heterocycles. The van der Waals surface area contributed by atoms with Gasteiger partial charge in [-0.2, -0.15) is 0 Å². The molecule has 142 valence electrons. The first-order valence-corrected chi connectivity index (χ1v) is 8.97. The highest BCUT2D eigenvalue weighted by molar-refractivity contribution is 6.30. The SMILES string of the molecule is C=C/C=C\C=C/C.NC[C@H](NC(=O)Nc1ccc(Cl)cc1)c1ccccc1. The number of halogens is 1. The van der Waals surface area contributed by atoms with Crippen molar-refractivity contribution in [3.05, 3.63) is 102 Å². The molecular formula is C22H26ClN3O.